The van der Waals surface area contributed by atoms with E-state index in [1.54, 1.807) is 0 Å². The first kappa shape index (κ1) is 15.9. The number of hydrogen-bond donors (Lipinski definition) is 2. The van der Waals surface area contributed by atoms with Crippen LogP contribution in [0, 0.1) is 5.92 Å². The molecular formula is C15H22N2O3S. The SMILES string of the molecule is O=C(CCCC1CCCC1)NCCc1nc(C(=O)O)cs1. The van der Waals surface area contributed by atoms with Crippen LogP contribution in [0.5, 0.6) is 0 Å². The maximum atomic E-state index is 11.7. The second-order valence-corrected chi connectivity index (χ2v) is 6.52. The van der Waals surface area contributed by atoms with Crippen LogP contribution in [-0.4, -0.2) is 28.5 Å². The molecule has 5 nitrogen and oxygen atoms in total. The molecule has 21 heavy (non-hydrogen) atoms. The molecule has 0 spiro atoms. The van der Waals surface area contributed by atoms with E-state index in [9.17, 15) is 9.59 Å². The summed E-state index contributed by atoms with van der Waals surface area (Å²) in [4.78, 5) is 26.4. The van der Waals surface area contributed by atoms with E-state index < -0.39 is 5.97 Å². The quantitative estimate of drug-likeness (QED) is 0.774. The zero-order valence-corrected chi connectivity index (χ0v) is 13.0. The third kappa shape index (κ3) is 5.46. The largest absolute Gasteiger partial charge is 0.476 e. The van der Waals surface area contributed by atoms with Crippen LogP contribution in [0.15, 0.2) is 5.38 Å². The highest BCUT2D eigenvalue weighted by molar-refractivity contribution is 7.09. The van der Waals surface area contributed by atoms with Gasteiger partial charge < -0.3 is 10.4 Å². The van der Waals surface area contributed by atoms with E-state index in [1.807, 2.05) is 0 Å². The molecule has 0 bridgehead atoms. The average Bonchev–Trinajstić information content (AvgIpc) is 3.09. The summed E-state index contributed by atoms with van der Waals surface area (Å²) in [7, 11) is 0. The second-order valence-electron chi connectivity index (χ2n) is 5.57. The number of aromatic carboxylic acids is 1. The van der Waals surface area contributed by atoms with Crippen LogP contribution in [-0.2, 0) is 11.2 Å². The van der Waals surface area contributed by atoms with E-state index in [0.717, 1.165) is 17.3 Å². The average molecular weight is 310 g/mol. The zero-order valence-electron chi connectivity index (χ0n) is 12.1. The fraction of sp³-hybridized carbons (Fsp3) is 0.667. The summed E-state index contributed by atoms with van der Waals surface area (Å²) in [6.07, 6.45) is 8.68. The third-order valence-electron chi connectivity index (χ3n) is 3.92. The topological polar surface area (TPSA) is 79.3 Å². The Balaban J connectivity index is 1.56. The number of nitrogens with zero attached hydrogens (tertiary/aromatic N) is 1. The number of thiazole rings is 1. The van der Waals surface area contributed by atoms with Crippen LogP contribution in [0.4, 0.5) is 0 Å². The third-order valence-corrected chi connectivity index (χ3v) is 4.83. The fourth-order valence-corrected chi connectivity index (χ4v) is 3.54. The normalized spacial score (nSPS) is 15.2. The second kappa shape index (κ2) is 8.12. The Hall–Kier alpha value is -1.43. The van der Waals surface area contributed by atoms with Gasteiger partial charge in [0.05, 0.1) is 5.01 Å². The number of carboxylic acids is 1. The molecule has 1 fully saturated rings. The molecular weight excluding hydrogens is 288 g/mol. The Morgan fingerprint density at radius 2 is 2.14 bits per heavy atom. The van der Waals surface area contributed by atoms with Gasteiger partial charge in [0.1, 0.15) is 0 Å². The van der Waals surface area contributed by atoms with Gasteiger partial charge in [-0.1, -0.05) is 25.7 Å². The molecule has 2 rings (SSSR count). The number of rotatable bonds is 8. The first-order chi connectivity index (χ1) is 10.1. The number of carbonyl (C=O) groups excluding carboxylic acids is 1. The van der Waals surface area contributed by atoms with Gasteiger partial charge in [-0.15, -0.1) is 11.3 Å². The fourth-order valence-electron chi connectivity index (χ4n) is 2.77. The number of nitrogens with one attached hydrogen (secondary N) is 1. The van der Waals surface area contributed by atoms with Crippen molar-refractivity contribution in [2.45, 2.75) is 51.4 Å². The predicted octanol–water partition coefficient (Wildman–Crippen LogP) is 2.86. The molecule has 0 aliphatic heterocycles. The lowest BCUT2D eigenvalue weighted by Crippen LogP contribution is -2.25. The van der Waals surface area contributed by atoms with Crippen molar-refractivity contribution in [2.24, 2.45) is 5.92 Å². The molecule has 1 aliphatic rings. The van der Waals surface area contributed by atoms with Crippen LogP contribution < -0.4 is 5.32 Å². The van der Waals surface area contributed by atoms with Crippen molar-refractivity contribution in [3.63, 3.8) is 0 Å². The van der Waals surface area contributed by atoms with Crippen molar-refractivity contribution in [3.8, 4) is 0 Å². The molecule has 1 heterocycles. The molecule has 116 valence electrons. The smallest absolute Gasteiger partial charge is 0.355 e. The van der Waals surface area contributed by atoms with Crippen molar-refractivity contribution in [1.82, 2.24) is 10.3 Å². The summed E-state index contributed by atoms with van der Waals surface area (Å²) >= 11 is 1.32. The zero-order chi connectivity index (χ0) is 15.1. The molecule has 6 heteroatoms. The minimum atomic E-state index is -1.01. The molecule has 1 aromatic heterocycles. The Morgan fingerprint density at radius 1 is 1.38 bits per heavy atom. The van der Waals surface area contributed by atoms with Crippen LogP contribution >= 0.6 is 11.3 Å². The van der Waals surface area contributed by atoms with Crippen molar-refractivity contribution in [3.05, 3.63) is 16.1 Å². The first-order valence-corrected chi connectivity index (χ1v) is 8.47. The number of carbonyl (C=O) groups is 2. The summed E-state index contributed by atoms with van der Waals surface area (Å²) < 4.78 is 0. The van der Waals surface area contributed by atoms with E-state index in [-0.39, 0.29) is 11.6 Å². The number of amides is 1. The Bertz CT molecular complexity index is 481. The highest BCUT2D eigenvalue weighted by Gasteiger charge is 2.15. The Kier molecular flexibility index (Phi) is 6.17. The van der Waals surface area contributed by atoms with Crippen LogP contribution in [0.2, 0.25) is 0 Å². The highest BCUT2D eigenvalue weighted by atomic mass is 32.1. The maximum Gasteiger partial charge on any atom is 0.355 e. The number of aromatic nitrogens is 1. The van der Waals surface area contributed by atoms with Gasteiger partial charge in [0, 0.05) is 24.8 Å². The molecule has 0 radical (unpaired) electrons. The van der Waals surface area contributed by atoms with E-state index >= 15 is 0 Å². The highest BCUT2D eigenvalue weighted by Crippen LogP contribution is 2.28. The van der Waals surface area contributed by atoms with Crippen molar-refractivity contribution in [2.75, 3.05) is 6.54 Å². The van der Waals surface area contributed by atoms with Crippen LogP contribution in [0.1, 0.15) is 60.4 Å². The summed E-state index contributed by atoms with van der Waals surface area (Å²) in [5.41, 5.74) is 0.0814. The predicted molar refractivity (Wildman–Crippen MR) is 81.6 cm³/mol. The molecule has 0 saturated heterocycles. The lowest BCUT2D eigenvalue weighted by Gasteiger charge is -2.08. The molecule has 1 amide bonds. The molecule has 2 N–H and O–H groups in total. The molecule has 1 aliphatic carbocycles. The molecule has 0 unspecified atom stereocenters. The van der Waals surface area contributed by atoms with Gasteiger partial charge in [-0.05, 0) is 18.8 Å². The Morgan fingerprint density at radius 3 is 2.81 bits per heavy atom. The number of carboxylic acid groups (broad SMARTS) is 1. The Labute approximate surface area is 128 Å². The molecule has 1 aromatic rings. The summed E-state index contributed by atoms with van der Waals surface area (Å²) in [6, 6.07) is 0. The van der Waals surface area contributed by atoms with Crippen molar-refractivity contribution in [1.29, 1.82) is 0 Å². The maximum absolute atomic E-state index is 11.7. The minimum Gasteiger partial charge on any atom is -0.476 e. The molecule has 0 aromatic carbocycles. The van der Waals surface area contributed by atoms with Gasteiger partial charge in [-0.3, -0.25) is 4.79 Å². The number of hydrogen-bond acceptors (Lipinski definition) is 4. The summed E-state index contributed by atoms with van der Waals surface area (Å²) in [5, 5.41) is 13.9. The van der Waals surface area contributed by atoms with E-state index in [1.165, 1.54) is 48.8 Å². The molecule has 1 saturated carbocycles. The first-order valence-electron chi connectivity index (χ1n) is 7.59. The lowest BCUT2D eigenvalue weighted by atomic mass is 10.0. The monoisotopic (exact) mass is 310 g/mol. The van der Waals surface area contributed by atoms with Gasteiger partial charge in [-0.25, -0.2) is 9.78 Å². The van der Waals surface area contributed by atoms with Crippen molar-refractivity contribution >= 4 is 23.2 Å². The van der Waals surface area contributed by atoms with Gasteiger partial charge in [0.15, 0.2) is 5.69 Å². The van der Waals surface area contributed by atoms with Crippen molar-refractivity contribution < 1.29 is 14.7 Å². The summed E-state index contributed by atoms with van der Waals surface area (Å²) in [5.74, 6) is -0.0842. The van der Waals surface area contributed by atoms with Gasteiger partial charge >= 0.3 is 5.97 Å². The lowest BCUT2D eigenvalue weighted by molar-refractivity contribution is -0.121. The van der Waals surface area contributed by atoms with Gasteiger partial charge in [0.25, 0.3) is 0 Å². The van der Waals surface area contributed by atoms with Crippen LogP contribution in [0.3, 0.4) is 0 Å². The van der Waals surface area contributed by atoms with Gasteiger partial charge in [-0.2, -0.15) is 0 Å². The van der Waals surface area contributed by atoms with E-state index in [2.05, 4.69) is 10.3 Å². The van der Waals surface area contributed by atoms with Gasteiger partial charge in [0.2, 0.25) is 5.91 Å². The van der Waals surface area contributed by atoms with Crippen LogP contribution in [0.25, 0.3) is 0 Å². The van der Waals surface area contributed by atoms with E-state index in [0.29, 0.717) is 19.4 Å². The molecule has 0 atom stereocenters. The minimum absolute atomic E-state index is 0.0814. The van der Waals surface area contributed by atoms with E-state index in [4.69, 9.17) is 5.11 Å². The summed E-state index contributed by atoms with van der Waals surface area (Å²) in [6.45, 7) is 0.523. The standard InChI is InChI=1S/C15H22N2O3S/c18-13(7-3-6-11-4-1-2-5-11)16-9-8-14-17-12(10-21-14)15(19)20/h10-11H,1-9H2,(H,16,18)(H,19,20).